The van der Waals surface area contributed by atoms with Crippen molar-refractivity contribution in [1.29, 1.82) is 0 Å². The molecule has 6 heterocycles. The SMILES string of the molecule is CCC1CN2c3nc(OC[C@]45CCCN4C[C@H](F)C5)nc4c(F)c(-c5cc(O)cc6ccc(F)c(F)c56)nc(c34)OC[C@@H]2CN1. The van der Waals surface area contributed by atoms with Crippen LogP contribution in [0.4, 0.5) is 23.4 Å². The van der Waals surface area contributed by atoms with Gasteiger partial charge in [0.05, 0.1) is 11.6 Å². The minimum absolute atomic E-state index is 0.0373. The molecule has 9 nitrogen and oxygen atoms in total. The zero-order valence-electron chi connectivity index (χ0n) is 24.6. The second kappa shape index (κ2) is 10.5. The fourth-order valence-electron chi connectivity index (χ4n) is 7.59. The molecule has 3 saturated heterocycles. The second-order valence-corrected chi connectivity index (χ2v) is 12.6. The number of aromatic nitrogens is 3. The second-order valence-electron chi connectivity index (χ2n) is 12.6. The highest BCUT2D eigenvalue weighted by atomic mass is 19.2. The van der Waals surface area contributed by atoms with Crippen molar-refractivity contribution in [2.45, 2.75) is 56.4 Å². The average Bonchev–Trinajstić information content (AvgIpc) is 3.51. The van der Waals surface area contributed by atoms with Crippen molar-refractivity contribution in [3.05, 3.63) is 41.7 Å². The van der Waals surface area contributed by atoms with Crippen LogP contribution in [0.5, 0.6) is 17.6 Å². The van der Waals surface area contributed by atoms with E-state index < -0.39 is 29.2 Å². The van der Waals surface area contributed by atoms with Crippen molar-refractivity contribution >= 4 is 27.5 Å². The first kappa shape index (κ1) is 28.5. The molecule has 2 aromatic heterocycles. The number of fused-ring (bicyclic) bond motifs is 4. The number of anilines is 1. The average molecular weight is 625 g/mol. The van der Waals surface area contributed by atoms with Crippen molar-refractivity contribution in [1.82, 2.24) is 25.2 Å². The van der Waals surface area contributed by atoms with E-state index in [0.717, 1.165) is 37.9 Å². The number of hydrogen-bond donors (Lipinski definition) is 2. The lowest BCUT2D eigenvalue weighted by molar-refractivity contribution is 0.107. The predicted molar refractivity (Wildman–Crippen MR) is 159 cm³/mol. The Bertz CT molecular complexity index is 1850. The van der Waals surface area contributed by atoms with Crippen LogP contribution in [0.1, 0.15) is 32.6 Å². The lowest BCUT2D eigenvalue weighted by Crippen LogP contribution is -2.58. The molecule has 2 aromatic carbocycles. The summed E-state index contributed by atoms with van der Waals surface area (Å²) in [4.78, 5) is 18.0. The Morgan fingerprint density at radius 2 is 1.98 bits per heavy atom. The predicted octanol–water partition coefficient (Wildman–Crippen LogP) is 4.87. The number of phenolic OH excluding ortho intramolecular Hbond substituents is 1. The van der Waals surface area contributed by atoms with Crippen LogP contribution in [-0.4, -0.2) is 88.1 Å². The van der Waals surface area contributed by atoms with Gasteiger partial charge in [-0.3, -0.25) is 4.90 Å². The Balaban J connectivity index is 1.32. The van der Waals surface area contributed by atoms with Gasteiger partial charge in [-0.2, -0.15) is 9.97 Å². The molecule has 0 spiro atoms. The summed E-state index contributed by atoms with van der Waals surface area (Å²) in [6.07, 6.45) is 1.96. The van der Waals surface area contributed by atoms with E-state index in [0.29, 0.717) is 31.9 Å². The van der Waals surface area contributed by atoms with Gasteiger partial charge in [-0.1, -0.05) is 13.0 Å². The normalized spacial score (nSPS) is 26.2. The molecule has 0 amide bonds. The third-order valence-corrected chi connectivity index (χ3v) is 9.87. The number of rotatable bonds is 5. The molecular weight excluding hydrogens is 592 g/mol. The summed E-state index contributed by atoms with van der Waals surface area (Å²) in [7, 11) is 0. The molecule has 1 unspecified atom stereocenters. The monoisotopic (exact) mass is 624 g/mol. The number of benzene rings is 2. The number of alkyl halides is 1. The molecule has 0 saturated carbocycles. The third kappa shape index (κ3) is 4.53. The molecule has 236 valence electrons. The molecule has 0 radical (unpaired) electrons. The van der Waals surface area contributed by atoms with Crippen LogP contribution in [-0.2, 0) is 0 Å². The summed E-state index contributed by atoms with van der Waals surface area (Å²) in [5.74, 6) is -3.08. The van der Waals surface area contributed by atoms with Gasteiger partial charge >= 0.3 is 6.01 Å². The fraction of sp³-hybridized carbons (Fsp3) is 0.469. The number of aromatic hydroxyl groups is 1. The third-order valence-electron chi connectivity index (χ3n) is 9.87. The minimum Gasteiger partial charge on any atom is -0.508 e. The maximum absolute atomic E-state index is 16.8. The van der Waals surface area contributed by atoms with Crippen molar-refractivity contribution in [2.75, 3.05) is 44.3 Å². The van der Waals surface area contributed by atoms with Crippen LogP contribution >= 0.6 is 0 Å². The minimum atomic E-state index is -1.19. The summed E-state index contributed by atoms with van der Waals surface area (Å²) in [6, 6.07) is 4.57. The van der Waals surface area contributed by atoms with Gasteiger partial charge in [0.1, 0.15) is 47.5 Å². The number of nitrogens with one attached hydrogen (secondary N) is 1. The number of phenols is 1. The van der Waals surface area contributed by atoms with Gasteiger partial charge in [0.15, 0.2) is 17.5 Å². The van der Waals surface area contributed by atoms with Gasteiger partial charge in [-0.25, -0.2) is 22.5 Å². The Morgan fingerprint density at radius 1 is 1.11 bits per heavy atom. The van der Waals surface area contributed by atoms with E-state index in [4.69, 9.17) is 14.5 Å². The summed E-state index contributed by atoms with van der Waals surface area (Å²) in [6.45, 7) is 4.71. The Kier molecular flexibility index (Phi) is 6.68. The highest BCUT2D eigenvalue weighted by molar-refractivity contribution is 6.02. The lowest BCUT2D eigenvalue weighted by Gasteiger charge is -2.39. The summed E-state index contributed by atoms with van der Waals surface area (Å²) < 4.78 is 73.3. The van der Waals surface area contributed by atoms with Crippen molar-refractivity contribution < 1.29 is 32.1 Å². The molecule has 8 rings (SSSR count). The van der Waals surface area contributed by atoms with Crippen LogP contribution in [0.15, 0.2) is 24.3 Å². The molecule has 13 heteroatoms. The molecule has 4 aliphatic heterocycles. The first-order chi connectivity index (χ1) is 21.7. The Hall–Kier alpha value is -3.97. The van der Waals surface area contributed by atoms with Crippen LogP contribution in [0.2, 0.25) is 0 Å². The van der Waals surface area contributed by atoms with E-state index in [-0.39, 0.29) is 75.9 Å². The van der Waals surface area contributed by atoms with Crippen molar-refractivity contribution in [2.24, 2.45) is 0 Å². The summed E-state index contributed by atoms with van der Waals surface area (Å²) in [5, 5.41) is 14.2. The van der Waals surface area contributed by atoms with Gasteiger partial charge in [0.25, 0.3) is 0 Å². The van der Waals surface area contributed by atoms with Gasteiger partial charge in [-0.05, 0) is 49.4 Å². The zero-order valence-corrected chi connectivity index (χ0v) is 24.6. The quantitative estimate of drug-likeness (QED) is 0.302. The van der Waals surface area contributed by atoms with E-state index in [1.54, 1.807) is 0 Å². The maximum Gasteiger partial charge on any atom is 0.319 e. The van der Waals surface area contributed by atoms with Crippen LogP contribution < -0.4 is 19.7 Å². The van der Waals surface area contributed by atoms with Crippen molar-refractivity contribution in [3.63, 3.8) is 0 Å². The zero-order chi connectivity index (χ0) is 31.0. The highest BCUT2D eigenvalue weighted by Gasteiger charge is 2.49. The highest BCUT2D eigenvalue weighted by Crippen LogP contribution is 2.44. The van der Waals surface area contributed by atoms with E-state index in [2.05, 4.69) is 32.0 Å². The summed E-state index contributed by atoms with van der Waals surface area (Å²) in [5.41, 5.74) is -1.15. The molecule has 4 aliphatic rings. The number of pyridine rings is 1. The summed E-state index contributed by atoms with van der Waals surface area (Å²) >= 11 is 0. The maximum atomic E-state index is 16.8. The fourth-order valence-corrected chi connectivity index (χ4v) is 7.59. The molecular formula is C32H32F4N6O3. The van der Waals surface area contributed by atoms with E-state index in [1.165, 1.54) is 12.1 Å². The molecule has 2 N–H and O–H groups in total. The van der Waals surface area contributed by atoms with Crippen molar-refractivity contribution in [3.8, 4) is 28.9 Å². The molecule has 4 aromatic rings. The molecule has 0 aliphatic carbocycles. The van der Waals surface area contributed by atoms with E-state index in [9.17, 15) is 13.9 Å². The topological polar surface area (TPSA) is 95.9 Å². The first-order valence-corrected chi connectivity index (χ1v) is 15.4. The number of ether oxygens (including phenoxy) is 2. The largest absolute Gasteiger partial charge is 0.508 e. The lowest BCUT2D eigenvalue weighted by atomic mass is 9.95. The number of hydrogen-bond acceptors (Lipinski definition) is 9. The number of halogens is 4. The Morgan fingerprint density at radius 3 is 2.82 bits per heavy atom. The molecule has 0 bridgehead atoms. The smallest absolute Gasteiger partial charge is 0.319 e. The van der Waals surface area contributed by atoms with Gasteiger partial charge in [0.2, 0.25) is 5.88 Å². The van der Waals surface area contributed by atoms with Gasteiger partial charge in [-0.15, -0.1) is 0 Å². The standard InChI is InChI=1S/C32H32F4N6O3/c1-2-18-13-42-19(11-37-18)14-44-30-24-28(39-31(40-29(24)42)45-15-32-6-3-7-41(32)12-17(33)10-32)26(36)27(38-30)21-9-20(43)8-16-4-5-22(34)25(35)23(16)21/h4-5,8-9,17-19,37,43H,2-3,6-7,10-15H2,1H3/t17-,18?,19+,32-/m1/s1. The number of nitrogens with zero attached hydrogens (tertiary/aromatic N) is 5. The Labute approximate surface area is 256 Å². The molecule has 3 fully saturated rings. The van der Waals surface area contributed by atoms with E-state index >= 15 is 8.78 Å². The molecule has 45 heavy (non-hydrogen) atoms. The number of piperazine rings is 1. The van der Waals surface area contributed by atoms with Crippen LogP contribution in [0, 0.1) is 17.5 Å². The van der Waals surface area contributed by atoms with Gasteiger partial charge < -0.3 is 24.8 Å². The van der Waals surface area contributed by atoms with E-state index in [1.807, 2.05) is 0 Å². The van der Waals surface area contributed by atoms with Crippen LogP contribution in [0.25, 0.3) is 32.9 Å². The van der Waals surface area contributed by atoms with Gasteiger partial charge in [0, 0.05) is 43.0 Å². The molecule has 4 atom stereocenters. The van der Waals surface area contributed by atoms with Crippen LogP contribution in [0.3, 0.4) is 0 Å². The first-order valence-electron chi connectivity index (χ1n) is 15.4.